The molecule has 0 radical (unpaired) electrons. The topological polar surface area (TPSA) is 0 Å². The second kappa shape index (κ2) is 3.62. The van der Waals surface area contributed by atoms with Crippen molar-refractivity contribution in [2.24, 2.45) is 0 Å². The Bertz CT molecular complexity index is 197. The summed E-state index contributed by atoms with van der Waals surface area (Å²) in [5.41, 5.74) is 1.26. The van der Waals surface area contributed by atoms with E-state index in [0.717, 1.165) is 17.9 Å². The van der Waals surface area contributed by atoms with Gasteiger partial charge < -0.3 is 0 Å². The number of hydrogen-bond donors (Lipinski definition) is 0. The van der Waals surface area contributed by atoms with E-state index < -0.39 is 0 Å². The molecule has 0 saturated carbocycles. The van der Waals surface area contributed by atoms with Crippen LogP contribution >= 0.6 is 11.6 Å². The molecule has 0 spiro atoms. The molecule has 1 aliphatic carbocycles. The molecular formula is C9H11Cl. The molecule has 0 aromatic rings. The summed E-state index contributed by atoms with van der Waals surface area (Å²) in [4.78, 5) is 0. The second-order valence-corrected chi connectivity index (χ2v) is 2.95. The van der Waals surface area contributed by atoms with Gasteiger partial charge in [-0.2, -0.15) is 0 Å². The zero-order valence-electron chi connectivity index (χ0n) is 6.10. The van der Waals surface area contributed by atoms with Gasteiger partial charge in [-0.3, -0.25) is 0 Å². The number of hydrogen-bond acceptors (Lipinski definition) is 0. The molecule has 0 fully saturated rings. The highest BCUT2D eigenvalue weighted by atomic mass is 35.5. The Hall–Kier alpha value is -0.490. The third-order valence-electron chi connectivity index (χ3n) is 1.46. The summed E-state index contributed by atoms with van der Waals surface area (Å²) >= 11 is 5.84. The first-order valence-corrected chi connectivity index (χ1v) is 3.86. The largest absolute Gasteiger partial charge is 0.0891 e. The lowest BCUT2D eigenvalue weighted by Gasteiger charge is -1.97. The van der Waals surface area contributed by atoms with Crippen molar-refractivity contribution in [1.29, 1.82) is 0 Å². The first-order valence-electron chi connectivity index (χ1n) is 3.48. The highest BCUT2D eigenvalue weighted by molar-refractivity contribution is 6.29. The number of halogens is 1. The molecule has 0 N–H and O–H groups in total. The maximum Gasteiger partial charge on any atom is 0.0184 e. The Kier molecular flexibility index (Phi) is 2.76. The van der Waals surface area contributed by atoms with E-state index in [2.05, 4.69) is 19.1 Å². The lowest BCUT2D eigenvalue weighted by Crippen LogP contribution is -1.77. The molecule has 1 rings (SSSR count). The fraction of sp³-hybridized carbons (Fsp3) is 0.333. The molecule has 0 aromatic carbocycles. The molecule has 1 aliphatic rings. The molecule has 0 aliphatic heterocycles. The second-order valence-electron chi connectivity index (χ2n) is 2.47. The predicted octanol–water partition coefficient (Wildman–Crippen LogP) is 3.41. The van der Waals surface area contributed by atoms with Gasteiger partial charge in [-0.1, -0.05) is 35.4 Å². The average Bonchev–Trinajstić information content (AvgIpc) is 1.90. The van der Waals surface area contributed by atoms with Gasteiger partial charge in [0.25, 0.3) is 0 Å². The Labute approximate surface area is 66.9 Å². The highest BCUT2D eigenvalue weighted by Crippen LogP contribution is 2.14. The van der Waals surface area contributed by atoms with Gasteiger partial charge in [-0.05, 0) is 25.8 Å². The zero-order valence-corrected chi connectivity index (χ0v) is 6.86. The van der Waals surface area contributed by atoms with E-state index in [-0.39, 0.29) is 0 Å². The van der Waals surface area contributed by atoms with Crippen LogP contribution in [0, 0.1) is 0 Å². The van der Waals surface area contributed by atoms with Gasteiger partial charge in [0.05, 0.1) is 0 Å². The molecule has 10 heavy (non-hydrogen) atoms. The minimum atomic E-state index is 0.948. The van der Waals surface area contributed by atoms with Crippen LogP contribution in [0.2, 0.25) is 0 Å². The first kappa shape index (κ1) is 7.62. The molecule has 54 valence electrons. The highest BCUT2D eigenvalue weighted by Gasteiger charge is 1.91. The van der Waals surface area contributed by atoms with E-state index in [4.69, 9.17) is 11.6 Å². The van der Waals surface area contributed by atoms with Crippen LogP contribution in [0.5, 0.6) is 0 Å². The van der Waals surface area contributed by atoms with Crippen molar-refractivity contribution in [1.82, 2.24) is 0 Å². The van der Waals surface area contributed by atoms with Crippen molar-refractivity contribution in [2.75, 3.05) is 0 Å². The minimum absolute atomic E-state index is 0.948. The minimum Gasteiger partial charge on any atom is -0.0891 e. The van der Waals surface area contributed by atoms with Crippen molar-refractivity contribution >= 4 is 11.6 Å². The molecule has 0 saturated heterocycles. The van der Waals surface area contributed by atoms with Crippen molar-refractivity contribution in [3.63, 3.8) is 0 Å². The van der Waals surface area contributed by atoms with Crippen molar-refractivity contribution in [3.05, 3.63) is 34.9 Å². The van der Waals surface area contributed by atoms with Gasteiger partial charge in [0.1, 0.15) is 0 Å². The first-order chi connectivity index (χ1) is 4.79. The van der Waals surface area contributed by atoms with Gasteiger partial charge in [0.15, 0.2) is 0 Å². The van der Waals surface area contributed by atoms with Gasteiger partial charge in [0.2, 0.25) is 0 Å². The summed E-state index contributed by atoms with van der Waals surface area (Å²) < 4.78 is 0. The molecular weight excluding hydrogens is 144 g/mol. The summed E-state index contributed by atoms with van der Waals surface area (Å²) in [6.45, 7) is 2.07. The molecule has 0 heterocycles. The van der Waals surface area contributed by atoms with E-state index in [1.165, 1.54) is 5.57 Å². The Morgan fingerprint density at radius 2 is 2.20 bits per heavy atom. The molecule has 0 nitrogen and oxygen atoms in total. The van der Waals surface area contributed by atoms with Crippen molar-refractivity contribution in [3.8, 4) is 0 Å². The molecule has 1 heteroatoms. The Morgan fingerprint density at radius 1 is 1.40 bits per heavy atom. The molecule has 0 bridgehead atoms. The summed E-state index contributed by atoms with van der Waals surface area (Å²) in [5.74, 6) is 0. The summed E-state index contributed by atoms with van der Waals surface area (Å²) in [6.07, 6.45) is 10.3. The molecule has 0 atom stereocenters. The van der Waals surface area contributed by atoms with Crippen LogP contribution in [-0.4, -0.2) is 0 Å². The Morgan fingerprint density at radius 3 is 3.00 bits per heavy atom. The van der Waals surface area contributed by atoms with Gasteiger partial charge in [-0.25, -0.2) is 0 Å². The van der Waals surface area contributed by atoms with E-state index in [1.807, 2.05) is 12.2 Å². The van der Waals surface area contributed by atoms with E-state index in [0.29, 0.717) is 0 Å². The maximum atomic E-state index is 5.84. The van der Waals surface area contributed by atoms with E-state index >= 15 is 0 Å². The van der Waals surface area contributed by atoms with Crippen LogP contribution < -0.4 is 0 Å². The average molecular weight is 155 g/mol. The standard InChI is InChI=1S/C9H11Cl/c1-8-4-2-3-5-9(10)7-6-8/h2,4,6-7H,3,5H2,1H3/b4-2+,8-6-,9-7+. The van der Waals surface area contributed by atoms with Crippen molar-refractivity contribution in [2.45, 2.75) is 19.8 Å². The normalized spacial score (nSPS) is 32.6. The number of rotatable bonds is 0. The predicted molar refractivity (Wildman–Crippen MR) is 46.1 cm³/mol. The van der Waals surface area contributed by atoms with Gasteiger partial charge in [-0.15, -0.1) is 0 Å². The third kappa shape index (κ3) is 2.40. The fourth-order valence-electron chi connectivity index (χ4n) is 0.851. The van der Waals surface area contributed by atoms with Gasteiger partial charge >= 0.3 is 0 Å². The Balaban J connectivity index is 2.75. The molecule has 0 aromatic heterocycles. The fourth-order valence-corrected chi connectivity index (χ4v) is 1.02. The summed E-state index contributed by atoms with van der Waals surface area (Å²) in [7, 11) is 0. The zero-order chi connectivity index (χ0) is 7.40. The number of allylic oxidation sites excluding steroid dienone is 6. The van der Waals surface area contributed by atoms with Crippen LogP contribution in [-0.2, 0) is 0 Å². The lowest BCUT2D eigenvalue weighted by atomic mass is 10.1. The monoisotopic (exact) mass is 154 g/mol. The summed E-state index contributed by atoms with van der Waals surface area (Å²) in [6, 6.07) is 0. The van der Waals surface area contributed by atoms with Crippen LogP contribution in [0.15, 0.2) is 34.9 Å². The van der Waals surface area contributed by atoms with E-state index in [9.17, 15) is 0 Å². The summed E-state index contributed by atoms with van der Waals surface area (Å²) in [5, 5.41) is 0.948. The lowest BCUT2D eigenvalue weighted by molar-refractivity contribution is 1.03. The van der Waals surface area contributed by atoms with Crippen molar-refractivity contribution < 1.29 is 0 Å². The van der Waals surface area contributed by atoms with E-state index in [1.54, 1.807) is 0 Å². The van der Waals surface area contributed by atoms with Crippen LogP contribution in [0.3, 0.4) is 0 Å². The third-order valence-corrected chi connectivity index (χ3v) is 1.77. The smallest absolute Gasteiger partial charge is 0.0184 e. The maximum absolute atomic E-state index is 5.84. The quantitative estimate of drug-likeness (QED) is 0.502. The van der Waals surface area contributed by atoms with Crippen LogP contribution in [0.4, 0.5) is 0 Å². The van der Waals surface area contributed by atoms with Gasteiger partial charge in [0, 0.05) is 5.03 Å². The van der Waals surface area contributed by atoms with Crippen LogP contribution in [0.1, 0.15) is 19.8 Å². The molecule has 0 unspecified atom stereocenters. The van der Waals surface area contributed by atoms with Crippen LogP contribution in [0.25, 0.3) is 0 Å². The SMILES string of the molecule is CC1=C/C=C(/Cl)CC\C=C\1. The molecule has 0 amide bonds.